The molecule has 0 aliphatic carbocycles. The number of aromatic nitrogens is 3. The topological polar surface area (TPSA) is 61.9 Å². The number of carbonyl (C=O) groups is 1. The molecule has 2 aromatic rings. The third-order valence-corrected chi connectivity index (χ3v) is 2.91. The van der Waals surface area contributed by atoms with Crippen LogP contribution in [0.4, 0.5) is 10.1 Å². The smallest absolute Gasteiger partial charge is 0.297 e. The van der Waals surface area contributed by atoms with Crippen molar-refractivity contribution in [1.82, 2.24) is 15.2 Å². The lowest BCUT2D eigenvalue weighted by molar-refractivity contribution is 0.0983. The molecule has 1 aromatic carbocycles. The Bertz CT molecular complexity index is 613. The molecule has 1 heterocycles. The van der Waals surface area contributed by atoms with Crippen LogP contribution >= 0.6 is 0 Å². The fourth-order valence-corrected chi connectivity index (χ4v) is 1.62. The van der Waals surface area contributed by atoms with Crippen LogP contribution in [-0.2, 0) is 5.41 Å². The van der Waals surface area contributed by atoms with Gasteiger partial charge < -0.3 is 4.90 Å². The number of amides is 1. The van der Waals surface area contributed by atoms with Crippen molar-refractivity contribution in [3.05, 3.63) is 41.7 Å². The number of halogens is 1. The van der Waals surface area contributed by atoms with E-state index < -0.39 is 0 Å². The van der Waals surface area contributed by atoms with Gasteiger partial charge in [-0.25, -0.2) is 9.37 Å². The van der Waals surface area contributed by atoms with Crippen molar-refractivity contribution in [3.8, 4) is 0 Å². The van der Waals surface area contributed by atoms with Gasteiger partial charge in [0.25, 0.3) is 5.91 Å². The SMILES string of the molecule is CN(C(=O)c1n[nH]c(C(C)(C)C)n1)c1ccc(F)cc1. The van der Waals surface area contributed by atoms with Crippen LogP contribution in [0.15, 0.2) is 24.3 Å². The summed E-state index contributed by atoms with van der Waals surface area (Å²) < 4.78 is 12.9. The first-order chi connectivity index (χ1) is 9.29. The Hall–Kier alpha value is -2.24. The number of nitrogens with zero attached hydrogens (tertiary/aromatic N) is 3. The van der Waals surface area contributed by atoms with Gasteiger partial charge in [-0.1, -0.05) is 20.8 Å². The van der Waals surface area contributed by atoms with Crippen molar-refractivity contribution in [3.63, 3.8) is 0 Å². The lowest BCUT2D eigenvalue weighted by atomic mass is 9.96. The number of aromatic amines is 1. The maximum Gasteiger partial charge on any atom is 0.297 e. The van der Waals surface area contributed by atoms with Crippen molar-refractivity contribution in [2.24, 2.45) is 0 Å². The van der Waals surface area contributed by atoms with Gasteiger partial charge in [0.15, 0.2) is 0 Å². The number of nitrogens with one attached hydrogen (secondary N) is 1. The van der Waals surface area contributed by atoms with Crippen molar-refractivity contribution in [2.75, 3.05) is 11.9 Å². The molecule has 0 bridgehead atoms. The van der Waals surface area contributed by atoms with Crippen molar-refractivity contribution < 1.29 is 9.18 Å². The Kier molecular flexibility index (Phi) is 3.57. The van der Waals surface area contributed by atoms with E-state index in [0.717, 1.165) is 0 Å². The molecule has 0 radical (unpaired) electrons. The Balaban J connectivity index is 2.23. The summed E-state index contributed by atoms with van der Waals surface area (Å²) in [6.45, 7) is 5.93. The molecule has 1 N–H and O–H groups in total. The van der Waals surface area contributed by atoms with E-state index in [1.165, 1.54) is 29.2 Å². The first-order valence-corrected chi connectivity index (χ1v) is 6.25. The van der Waals surface area contributed by atoms with E-state index in [-0.39, 0.29) is 23.0 Å². The largest absolute Gasteiger partial charge is 0.309 e. The molecule has 0 fully saturated rings. The Morgan fingerprint density at radius 1 is 1.25 bits per heavy atom. The summed E-state index contributed by atoms with van der Waals surface area (Å²) in [5.41, 5.74) is 0.374. The average molecular weight is 276 g/mol. The minimum Gasteiger partial charge on any atom is -0.309 e. The van der Waals surface area contributed by atoms with Gasteiger partial charge in [0.05, 0.1) is 0 Å². The van der Waals surface area contributed by atoms with Crippen LogP contribution in [0.25, 0.3) is 0 Å². The molecule has 0 aliphatic rings. The lowest BCUT2D eigenvalue weighted by Gasteiger charge is -2.15. The number of hydrogen-bond donors (Lipinski definition) is 1. The predicted molar refractivity (Wildman–Crippen MR) is 74.2 cm³/mol. The molecule has 0 atom stereocenters. The third kappa shape index (κ3) is 2.84. The van der Waals surface area contributed by atoms with Crippen molar-refractivity contribution in [1.29, 1.82) is 0 Å². The fourth-order valence-electron chi connectivity index (χ4n) is 1.62. The minimum atomic E-state index is -0.345. The van der Waals surface area contributed by atoms with E-state index in [4.69, 9.17) is 0 Å². The number of benzene rings is 1. The van der Waals surface area contributed by atoms with Crippen LogP contribution in [0.5, 0.6) is 0 Å². The monoisotopic (exact) mass is 276 g/mol. The second-order valence-electron chi connectivity index (χ2n) is 5.60. The van der Waals surface area contributed by atoms with E-state index in [2.05, 4.69) is 15.2 Å². The predicted octanol–water partition coefficient (Wildman–Crippen LogP) is 2.52. The zero-order valence-electron chi connectivity index (χ0n) is 11.9. The van der Waals surface area contributed by atoms with Crippen LogP contribution in [0.2, 0.25) is 0 Å². The molecule has 6 heteroatoms. The molecule has 0 aliphatic heterocycles. The van der Waals surface area contributed by atoms with Gasteiger partial charge in [0.2, 0.25) is 5.82 Å². The van der Waals surface area contributed by atoms with Crippen LogP contribution in [0.1, 0.15) is 37.2 Å². The van der Waals surface area contributed by atoms with Crippen LogP contribution < -0.4 is 4.90 Å². The zero-order chi connectivity index (χ0) is 14.9. The van der Waals surface area contributed by atoms with E-state index in [9.17, 15) is 9.18 Å². The second-order valence-corrected chi connectivity index (χ2v) is 5.60. The summed E-state index contributed by atoms with van der Waals surface area (Å²) in [6.07, 6.45) is 0. The van der Waals surface area contributed by atoms with Gasteiger partial charge in [-0.15, -0.1) is 5.10 Å². The third-order valence-electron chi connectivity index (χ3n) is 2.91. The van der Waals surface area contributed by atoms with Crippen LogP contribution in [-0.4, -0.2) is 28.1 Å². The normalized spacial score (nSPS) is 11.4. The van der Waals surface area contributed by atoms with Crippen molar-refractivity contribution in [2.45, 2.75) is 26.2 Å². The highest BCUT2D eigenvalue weighted by Gasteiger charge is 2.23. The van der Waals surface area contributed by atoms with E-state index >= 15 is 0 Å². The van der Waals surface area contributed by atoms with Crippen LogP contribution in [0, 0.1) is 5.82 Å². The molecule has 20 heavy (non-hydrogen) atoms. The number of carbonyl (C=O) groups excluding carboxylic acids is 1. The molecule has 1 amide bonds. The highest BCUT2D eigenvalue weighted by molar-refractivity contribution is 6.03. The Morgan fingerprint density at radius 2 is 1.85 bits per heavy atom. The highest BCUT2D eigenvalue weighted by atomic mass is 19.1. The molecule has 106 valence electrons. The van der Waals surface area contributed by atoms with Gasteiger partial charge in [-0.05, 0) is 24.3 Å². The summed E-state index contributed by atoms with van der Waals surface area (Å²) >= 11 is 0. The molecule has 0 unspecified atom stereocenters. The van der Waals surface area contributed by atoms with E-state index in [1.54, 1.807) is 7.05 Å². The minimum absolute atomic E-state index is 0.0988. The molecule has 2 rings (SSSR count). The lowest BCUT2D eigenvalue weighted by Crippen LogP contribution is -2.27. The van der Waals surface area contributed by atoms with E-state index in [0.29, 0.717) is 11.5 Å². The number of anilines is 1. The maximum atomic E-state index is 12.9. The molecule has 0 saturated carbocycles. The number of H-pyrrole nitrogens is 1. The van der Waals surface area contributed by atoms with Gasteiger partial charge in [-0.2, -0.15) is 0 Å². The summed E-state index contributed by atoms with van der Waals surface area (Å²) in [6, 6.07) is 5.67. The molecule has 1 aromatic heterocycles. The van der Waals surface area contributed by atoms with Crippen molar-refractivity contribution >= 4 is 11.6 Å². The molecule has 5 nitrogen and oxygen atoms in total. The standard InChI is InChI=1S/C14H17FN4O/c1-14(2,3)13-16-11(17-18-13)12(20)19(4)10-7-5-9(15)6-8-10/h5-8H,1-4H3,(H,16,17,18). The molecule has 0 spiro atoms. The first kappa shape index (κ1) is 14.2. The van der Waals surface area contributed by atoms with Gasteiger partial charge in [-0.3, -0.25) is 9.89 Å². The second kappa shape index (κ2) is 5.03. The zero-order valence-corrected chi connectivity index (χ0v) is 11.9. The summed E-state index contributed by atoms with van der Waals surface area (Å²) in [4.78, 5) is 17.9. The quantitative estimate of drug-likeness (QED) is 0.916. The summed E-state index contributed by atoms with van der Waals surface area (Å²) in [7, 11) is 1.60. The molecular formula is C14H17FN4O. The molecular weight excluding hydrogens is 259 g/mol. The number of hydrogen-bond acceptors (Lipinski definition) is 3. The summed E-state index contributed by atoms with van der Waals surface area (Å²) in [5, 5.41) is 6.72. The van der Waals surface area contributed by atoms with Gasteiger partial charge >= 0.3 is 0 Å². The summed E-state index contributed by atoms with van der Waals surface area (Å²) in [5.74, 6) is 0.0565. The van der Waals surface area contributed by atoms with Crippen LogP contribution in [0.3, 0.4) is 0 Å². The molecule has 0 saturated heterocycles. The fraction of sp³-hybridized carbons (Fsp3) is 0.357. The van der Waals surface area contributed by atoms with E-state index in [1.807, 2.05) is 20.8 Å². The highest BCUT2D eigenvalue weighted by Crippen LogP contribution is 2.19. The Labute approximate surface area is 116 Å². The van der Waals surface area contributed by atoms with Gasteiger partial charge in [0, 0.05) is 18.2 Å². The maximum absolute atomic E-state index is 12.9. The average Bonchev–Trinajstić information content (AvgIpc) is 2.87. The van der Waals surface area contributed by atoms with Gasteiger partial charge in [0.1, 0.15) is 11.6 Å². The first-order valence-electron chi connectivity index (χ1n) is 6.25. The Morgan fingerprint density at radius 3 is 2.35 bits per heavy atom. The number of rotatable bonds is 2.